The molecule has 1 aromatic heterocycles. The van der Waals surface area contributed by atoms with Crippen LogP contribution in [-0.2, 0) is 0 Å². The van der Waals surface area contributed by atoms with Crippen molar-refractivity contribution in [1.29, 1.82) is 0 Å². The van der Waals surface area contributed by atoms with E-state index in [4.69, 9.17) is 0 Å². The van der Waals surface area contributed by atoms with E-state index < -0.39 is 0 Å². The Bertz CT molecular complexity index is 450. The van der Waals surface area contributed by atoms with Crippen LogP contribution in [0.5, 0.6) is 0 Å². The summed E-state index contributed by atoms with van der Waals surface area (Å²) in [4.78, 5) is 17.2. The summed E-state index contributed by atoms with van der Waals surface area (Å²) in [6.07, 6.45) is 0.432. The van der Waals surface area contributed by atoms with Crippen molar-refractivity contribution in [1.82, 2.24) is 9.80 Å². The van der Waals surface area contributed by atoms with Crippen molar-refractivity contribution in [3.8, 4) is 0 Å². The predicted molar refractivity (Wildman–Crippen MR) is 80.9 cm³/mol. The highest BCUT2D eigenvalue weighted by molar-refractivity contribution is 9.10. The number of aliphatic hydroxyl groups is 1. The van der Waals surface area contributed by atoms with E-state index in [-0.39, 0.29) is 17.9 Å². The maximum Gasteiger partial charge on any atom is 0.187 e. The van der Waals surface area contributed by atoms with Crippen molar-refractivity contribution in [2.24, 2.45) is 0 Å². The normalized spacial score (nSPS) is 24.3. The van der Waals surface area contributed by atoms with Crippen molar-refractivity contribution in [2.45, 2.75) is 18.6 Å². The molecule has 1 aliphatic rings. The summed E-state index contributed by atoms with van der Waals surface area (Å²) in [5.74, 6) is 0.125. The Balaban J connectivity index is 2.01. The minimum absolute atomic E-state index is 0.125. The number of carbonyl (C=O) groups excluding carboxylic acids is 1. The molecular formula is C13H19BrN2O2S. The zero-order valence-corrected chi connectivity index (χ0v) is 13.6. The number of aliphatic hydroxyl groups excluding tert-OH is 1. The molecule has 1 aromatic rings. The first-order chi connectivity index (χ1) is 8.97. The quantitative estimate of drug-likeness (QED) is 0.824. The lowest BCUT2D eigenvalue weighted by atomic mass is 10.2. The maximum atomic E-state index is 12.3. The fraction of sp³-hybridized carbons (Fsp3) is 0.615. The standard InChI is InChI=1S/C13H19BrN2O2S/c1-15(2)6-9-5-10(17)7-16(9)8-12(18)13-11(14)3-4-19-13/h3-4,9-10,17H,5-8H2,1-2H3. The SMILES string of the molecule is CN(C)CC1CC(O)CN1CC(=O)c1sccc1Br. The molecule has 0 saturated carbocycles. The van der Waals surface area contributed by atoms with Crippen LogP contribution in [0, 0.1) is 0 Å². The van der Waals surface area contributed by atoms with Crippen molar-refractivity contribution in [3.63, 3.8) is 0 Å². The molecule has 2 rings (SSSR count). The molecule has 2 heterocycles. The number of hydrogen-bond acceptors (Lipinski definition) is 5. The number of carbonyl (C=O) groups is 1. The number of rotatable bonds is 5. The molecule has 19 heavy (non-hydrogen) atoms. The van der Waals surface area contributed by atoms with Crippen LogP contribution in [0.3, 0.4) is 0 Å². The van der Waals surface area contributed by atoms with Crippen LogP contribution >= 0.6 is 27.3 Å². The Hall–Kier alpha value is -0.270. The van der Waals surface area contributed by atoms with Crippen molar-refractivity contribution >= 4 is 33.0 Å². The molecule has 0 amide bonds. The van der Waals surface area contributed by atoms with Gasteiger partial charge in [0.1, 0.15) is 0 Å². The van der Waals surface area contributed by atoms with Gasteiger partial charge in [-0.3, -0.25) is 9.69 Å². The molecule has 2 atom stereocenters. The fourth-order valence-corrected chi connectivity index (χ4v) is 4.04. The molecule has 1 fully saturated rings. The second-order valence-corrected chi connectivity index (χ2v) is 7.03. The van der Waals surface area contributed by atoms with Crippen LogP contribution in [0.2, 0.25) is 0 Å². The van der Waals surface area contributed by atoms with Crippen molar-refractivity contribution in [3.05, 3.63) is 20.8 Å². The first-order valence-corrected chi connectivity index (χ1v) is 7.97. The molecule has 4 nitrogen and oxygen atoms in total. The third kappa shape index (κ3) is 3.86. The number of likely N-dealkylation sites (tertiary alicyclic amines) is 1. The van der Waals surface area contributed by atoms with E-state index in [0.717, 1.165) is 22.3 Å². The van der Waals surface area contributed by atoms with Gasteiger partial charge in [-0.15, -0.1) is 11.3 Å². The average molecular weight is 347 g/mol. The van der Waals surface area contributed by atoms with Crippen LogP contribution in [0.4, 0.5) is 0 Å². The maximum absolute atomic E-state index is 12.3. The van der Waals surface area contributed by atoms with Gasteiger partial charge in [0.25, 0.3) is 0 Å². The Morgan fingerprint density at radius 2 is 2.37 bits per heavy atom. The Labute approximate surface area is 126 Å². The van der Waals surface area contributed by atoms with E-state index >= 15 is 0 Å². The van der Waals surface area contributed by atoms with Crippen LogP contribution in [0.15, 0.2) is 15.9 Å². The van der Waals surface area contributed by atoms with Gasteiger partial charge >= 0.3 is 0 Å². The lowest BCUT2D eigenvalue weighted by Gasteiger charge is -2.25. The van der Waals surface area contributed by atoms with Crippen LogP contribution in [0.25, 0.3) is 0 Å². The van der Waals surface area contributed by atoms with E-state index in [0.29, 0.717) is 13.1 Å². The summed E-state index contributed by atoms with van der Waals surface area (Å²) in [6, 6.07) is 2.15. The first-order valence-electron chi connectivity index (χ1n) is 6.30. The lowest BCUT2D eigenvalue weighted by Crippen LogP contribution is -2.40. The predicted octanol–water partition coefficient (Wildman–Crippen LogP) is 1.69. The number of likely N-dealkylation sites (N-methyl/N-ethyl adjacent to an activating group) is 1. The number of thiophene rings is 1. The molecule has 106 valence electrons. The molecule has 0 bridgehead atoms. The van der Waals surface area contributed by atoms with Gasteiger partial charge in [-0.1, -0.05) is 0 Å². The summed E-state index contributed by atoms with van der Waals surface area (Å²) >= 11 is 4.86. The summed E-state index contributed by atoms with van der Waals surface area (Å²) < 4.78 is 0.867. The highest BCUT2D eigenvalue weighted by Gasteiger charge is 2.32. The summed E-state index contributed by atoms with van der Waals surface area (Å²) in [5, 5.41) is 11.7. The molecule has 6 heteroatoms. The minimum Gasteiger partial charge on any atom is -0.392 e. The smallest absolute Gasteiger partial charge is 0.187 e. The van der Waals surface area contributed by atoms with Gasteiger partial charge < -0.3 is 10.0 Å². The number of hydrogen-bond donors (Lipinski definition) is 1. The average Bonchev–Trinajstić information content (AvgIpc) is 2.85. The van der Waals surface area contributed by atoms with Gasteiger partial charge in [0.15, 0.2) is 5.78 Å². The second kappa shape index (κ2) is 6.45. The van der Waals surface area contributed by atoms with Crippen LogP contribution in [-0.4, -0.2) is 66.6 Å². The third-order valence-electron chi connectivity index (χ3n) is 3.30. The Morgan fingerprint density at radius 1 is 1.63 bits per heavy atom. The van der Waals surface area contributed by atoms with Gasteiger partial charge in [0, 0.05) is 23.6 Å². The summed E-state index contributed by atoms with van der Waals surface area (Å²) in [5.41, 5.74) is 0. The number of Topliss-reactive ketones (excluding diaryl/α,β-unsaturated/α-hetero) is 1. The molecule has 0 aromatic carbocycles. The molecule has 2 unspecified atom stereocenters. The van der Waals surface area contributed by atoms with Gasteiger partial charge in [0.2, 0.25) is 0 Å². The monoisotopic (exact) mass is 346 g/mol. The molecular weight excluding hydrogens is 328 g/mol. The van der Waals surface area contributed by atoms with E-state index in [1.807, 2.05) is 25.5 Å². The number of nitrogens with zero attached hydrogens (tertiary/aromatic N) is 2. The highest BCUT2D eigenvalue weighted by atomic mass is 79.9. The zero-order valence-electron chi connectivity index (χ0n) is 11.2. The van der Waals surface area contributed by atoms with Gasteiger partial charge in [-0.25, -0.2) is 0 Å². The van der Waals surface area contributed by atoms with Gasteiger partial charge in [0.05, 0.1) is 17.5 Å². The third-order valence-corrected chi connectivity index (χ3v) is 5.18. The first kappa shape index (κ1) is 15.1. The molecule has 0 spiro atoms. The Kier molecular flexibility index (Phi) is 5.14. The second-order valence-electron chi connectivity index (χ2n) is 5.26. The summed E-state index contributed by atoms with van der Waals surface area (Å²) in [6.45, 7) is 1.85. The lowest BCUT2D eigenvalue weighted by molar-refractivity contribution is 0.0905. The molecule has 1 aliphatic heterocycles. The molecule has 0 radical (unpaired) electrons. The summed E-state index contributed by atoms with van der Waals surface area (Å²) in [7, 11) is 4.03. The molecule has 0 aliphatic carbocycles. The number of halogens is 1. The van der Waals surface area contributed by atoms with E-state index in [9.17, 15) is 9.90 Å². The topological polar surface area (TPSA) is 43.8 Å². The molecule has 1 saturated heterocycles. The van der Waals surface area contributed by atoms with Crippen LogP contribution in [0.1, 0.15) is 16.1 Å². The van der Waals surface area contributed by atoms with E-state index in [1.54, 1.807) is 0 Å². The van der Waals surface area contributed by atoms with Crippen LogP contribution < -0.4 is 0 Å². The van der Waals surface area contributed by atoms with Crippen molar-refractivity contribution in [2.75, 3.05) is 33.7 Å². The zero-order chi connectivity index (χ0) is 14.0. The van der Waals surface area contributed by atoms with Gasteiger partial charge in [-0.05, 0) is 47.9 Å². The highest BCUT2D eigenvalue weighted by Crippen LogP contribution is 2.25. The number of β-amino-alcohol motifs (C(OH)–C–C–N with tert-alkyl or cyclic N) is 1. The van der Waals surface area contributed by atoms with Gasteiger partial charge in [-0.2, -0.15) is 0 Å². The Morgan fingerprint density at radius 3 is 2.95 bits per heavy atom. The van der Waals surface area contributed by atoms with E-state index in [1.165, 1.54) is 11.3 Å². The van der Waals surface area contributed by atoms with E-state index in [2.05, 4.69) is 25.7 Å². The largest absolute Gasteiger partial charge is 0.392 e. The molecule has 1 N–H and O–H groups in total. The number of ketones is 1. The minimum atomic E-state index is -0.315. The fourth-order valence-electron chi connectivity index (χ4n) is 2.51. The van der Waals surface area contributed by atoms with Crippen molar-refractivity contribution < 1.29 is 9.90 Å².